The maximum absolute atomic E-state index is 9.53. The molecule has 0 spiro atoms. The highest BCUT2D eigenvalue weighted by Crippen LogP contribution is 2.36. The van der Waals surface area contributed by atoms with E-state index < -0.39 is 5.41 Å². The van der Waals surface area contributed by atoms with Crippen LogP contribution in [0.25, 0.3) is 44.2 Å². The summed E-state index contributed by atoms with van der Waals surface area (Å²) in [5.41, 5.74) is 7.88. The Kier molecular flexibility index (Phi) is 5.66. The SMILES string of the molecule is Cn1nc(-c2ccc(C(C)(C)C#N)cc2)c2c3cc(-c4cccc(N5CCOCC5)c4)ccc3ncc21. The summed E-state index contributed by atoms with van der Waals surface area (Å²) in [5.74, 6) is 0. The molecule has 0 radical (unpaired) electrons. The molecular formula is C31H29N5O. The fourth-order valence-corrected chi connectivity index (χ4v) is 5.12. The predicted molar refractivity (Wildman–Crippen MR) is 149 cm³/mol. The number of nitrogens with zero attached hydrogens (tertiary/aromatic N) is 5. The first-order valence-electron chi connectivity index (χ1n) is 12.7. The van der Waals surface area contributed by atoms with Crippen LogP contribution in [0.15, 0.2) is 72.9 Å². The molecule has 6 nitrogen and oxygen atoms in total. The number of aryl methyl sites for hydroxylation is 1. The molecule has 3 heterocycles. The minimum absolute atomic E-state index is 0.536. The summed E-state index contributed by atoms with van der Waals surface area (Å²) in [6.45, 7) is 7.23. The first kappa shape index (κ1) is 23.2. The summed E-state index contributed by atoms with van der Waals surface area (Å²) >= 11 is 0. The Morgan fingerprint density at radius 1 is 0.919 bits per heavy atom. The molecule has 1 aliphatic rings. The number of hydrogen-bond donors (Lipinski definition) is 0. The van der Waals surface area contributed by atoms with E-state index in [1.165, 1.54) is 11.3 Å². The molecule has 1 aliphatic heterocycles. The van der Waals surface area contributed by atoms with Crippen LogP contribution in [-0.2, 0) is 17.2 Å². The number of nitriles is 1. The molecule has 6 rings (SSSR count). The second kappa shape index (κ2) is 9.02. The number of pyridine rings is 1. The van der Waals surface area contributed by atoms with Crippen LogP contribution in [0.1, 0.15) is 19.4 Å². The van der Waals surface area contributed by atoms with E-state index in [0.717, 1.165) is 70.5 Å². The van der Waals surface area contributed by atoms with Crippen LogP contribution in [-0.4, -0.2) is 41.1 Å². The summed E-state index contributed by atoms with van der Waals surface area (Å²) < 4.78 is 7.43. The molecule has 0 unspecified atom stereocenters. The molecule has 0 atom stereocenters. The third kappa shape index (κ3) is 4.12. The average molecular weight is 488 g/mol. The van der Waals surface area contributed by atoms with Crippen molar-refractivity contribution in [1.29, 1.82) is 5.26 Å². The van der Waals surface area contributed by atoms with Gasteiger partial charge in [0.25, 0.3) is 0 Å². The Hall–Kier alpha value is -4.21. The molecule has 0 amide bonds. The lowest BCUT2D eigenvalue weighted by molar-refractivity contribution is 0.122. The van der Waals surface area contributed by atoms with Crippen molar-refractivity contribution >= 4 is 27.5 Å². The molecular weight excluding hydrogens is 458 g/mol. The Morgan fingerprint density at radius 3 is 2.41 bits per heavy atom. The summed E-state index contributed by atoms with van der Waals surface area (Å²) in [6.07, 6.45) is 1.90. The third-order valence-corrected chi connectivity index (χ3v) is 7.40. The molecule has 1 fully saturated rings. The van der Waals surface area contributed by atoms with E-state index in [1.807, 2.05) is 43.9 Å². The fraction of sp³-hybridized carbons (Fsp3) is 0.258. The first-order valence-corrected chi connectivity index (χ1v) is 12.7. The first-order chi connectivity index (χ1) is 17.9. The number of ether oxygens (including phenoxy) is 1. The van der Waals surface area contributed by atoms with E-state index in [4.69, 9.17) is 14.8 Å². The van der Waals surface area contributed by atoms with Crippen LogP contribution < -0.4 is 4.90 Å². The Bertz CT molecular complexity index is 1650. The van der Waals surface area contributed by atoms with Crippen LogP contribution in [0.3, 0.4) is 0 Å². The number of anilines is 1. The van der Waals surface area contributed by atoms with Gasteiger partial charge in [-0.2, -0.15) is 10.4 Å². The maximum atomic E-state index is 9.53. The van der Waals surface area contributed by atoms with E-state index in [9.17, 15) is 5.26 Å². The number of benzene rings is 3. The zero-order valence-electron chi connectivity index (χ0n) is 21.4. The fourth-order valence-electron chi connectivity index (χ4n) is 5.12. The van der Waals surface area contributed by atoms with Gasteiger partial charge < -0.3 is 9.64 Å². The zero-order chi connectivity index (χ0) is 25.6. The van der Waals surface area contributed by atoms with Crippen LogP contribution in [0, 0.1) is 11.3 Å². The molecule has 2 aromatic heterocycles. The van der Waals surface area contributed by atoms with Crippen molar-refractivity contribution < 1.29 is 4.74 Å². The van der Waals surface area contributed by atoms with Gasteiger partial charge in [0.2, 0.25) is 0 Å². The van der Waals surface area contributed by atoms with E-state index in [-0.39, 0.29) is 0 Å². The molecule has 6 heteroatoms. The number of fused-ring (bicyclic) bond motifs is 3. The van der Waals surface area contributed by atoms with Crippen LogP contribution >= 0.6 is 0 Å². The van der Waals surface area contributed by atoms with Gasteiger partial charge >= 0.3 is 0 Å². The topological polar surface area (TPSA) is 67.0 Å². The molecule has 37 heavy (non-hydrogen) atoms. The van der Waals surface area contributed by atoms with Gasteiger partial charge in [-0.3, -0.25) is 9.67 Å². The lowest BCUT2D eigenvalue weighted by Crippen LogP contribution is -2.36. The highest BCUT2D eigenvalue weighted by Gasteiger charge is 2.21. The van der Waals surface area contributed by atoms with E-state index in [1.54, 1.807) is 0 Å². The highest BCUT2D eigenvalue weighted by molar-refractivity contribution is 6.12. The average Bonchev–Trinajstić information content (AvgIpc) is 3.30. The predicted octanol–water partition coefficient (Wildman–Crippen LogP) is 6.09. The molecule has 3 aromatic carbocycles. The smallest absolute Gasteiger partial charge is 0.101 e. The molecule has 0 saturated carbocycles. The van der Waals surface area contributed by atoms with Gasteiger partial charge in [0.05, 0.1) is 41.9 Å². The summed E-state index contributed by atoms with van der Waals surface area (Å²) in [6, 6.07) is 25.8. The van der Waals surface area contributed by atoms with Crippen molar-refractivity contribution in [3.63, 3.8) is 0 Å². The minimum atomic E-state index is -0.536. The van der Waals surface area contributed by atoms with Gasteiger partial charge in [-0.05, 0) is 54.8 Å². The number of hydrogen-bond acceptors (Lipinski definition) is 5. The Labute approximate surface area is 216 Å². The van der Waals surface area contributed by atoms with Crippen LogP contribution in [0.4, 0.5) is 5.69 Å². The van der Waals surface area contributed by atoms with Gasteiger partial charge in [-0.15, -0.1) is 0 Å². The number of rotatable bonds is 4. The Morgan fingerprint density at radius 2 is 1.65 bits per heavy atom. The maximum Gasteiger partial charge on any atom is 0.101 e. The Balaban J connectivity index is 1.48. The van der Waals surface area contributed by atoms with Gasteiger partial charge in [0, 0.05) is 42.2 Å². The minimum Gasteiger partial charge on any atom is -0.378 e. The normalized spacial score (nSPS) is 14.3. The molecule has 184 valence electrons. The van der Waals surface area contributed by atoms with Gasteiger partial charge in [-0.25, -0.2) is 0 Å². The van der Waals surface area contributed by atoms with E-state index in [2.05, 4.69) is 65.6 Å². The monoisotopic (exact) mass is 487 g/mol. The lowest BCUT2D eigenvalue weighted by Gasteiger charge is -2.29. The second-order valence-corrected chi connectivity index (χ2v) is 10.2. The summed E-state index contributed by atoms with van der Waals surface area (Å²) in [7, 11) is 1.96. The van der Waals surface area contributed by atoms with Crippen molar-refractivity contribution in [2.24, 2.45) is 7.05 Å². The van der Waals surface area contributed by atoms with Gasteiger partial charge in [0.1, 0.15) is 5.69 Å². The van der Waals surface area contributed by atoms with Crippen LogP contribution in [0.5, 0.6) is 0 Å². The van der Waals surface area contributed by atoms with Crippen molar-refractivity contribution in [1.82, 2.24) is 14.8 Å². The quantitative estimate of drug-likeness (QED) is 0.307. The number of morpholine rings is 1. The van der Waals surface area contributed by atoms with Crippen molar-refractivity contribution in [2.75, 3.05) is 31.2 Å². The summed E-state index contributed by atoms with van der Waals surface area (Å²) in [5, 5.41) is 16.6. The van der Waals surface area contributed by atoms with Crippen molar-refractivity contribution in [3.05, 3.63) is 78.5 Å². The molecule has 5 aromatic rings. The molecule has 0 bridgehead atoms. The standard InChI is InChI=1S/C31H29N5O/c1-31(2,20-32)24-10-7-21(8-11-24)30-29-26-18-23(9-12-27(26)33-19-28(29)35(3)34-30)22-5-4-6-25(17-22)36-13-15-37-16-14-36/h4-12,17-19H,13-16H2,1-3H3. The van der Waals surface area contributed by atoms with Crippen molar-refractivity contribution in [2.45, 2.75) is 19.3 Å². The number of aromatic nitrogens is 3. The van der Waals surface area contributed by atoms with Crippen LogP contribution in [0.2, 0.25) is 0 Å². The largest absolute Gasteiger partial charge is 0.378 e. The summed E-state index contributed by atoms with van der Waals surface area (Å²) in [4.78, 5) is 7.12. The van der Waals surface area contributed by atoms with E-state index in [0.29, 0.717) is 0 Å². The van der Waals surface area contributed by atoms with Crippen molar-refractivity contribution in [3.8, 4) is 28.5 Å². The molecule has 0 aliphatic carbocycles. The van der Waals surface area contributed by atoms with Gasteiger partial charge in [-0.1, -0.05) is 42.5 Å². The molecule has 1 saturated heterocycles. The highest BCUT2D eigenvalue weighted by atomic mass is 16.5. The van der Waals surface area contributed by atoms with Gasteiger partial charge in [0.15, 0.2) is 0 Å². The second-order valence-electron chi connectivity index (χ2n) is 10.2. The van der Waals surface area contributed by atoms with E-state index >= 15 is 0 Å². The molecule has 0 N–H and O–H groups in total. The lowest BCUT2D eigenvalue weighted by atomic mass is 9.86. The third-order valence-electron chi connectivity index (χ3n) is 7.40. The zero-order valence-corrected chi connectivity index (χ0v) is 21.4.